The van der Waals surface area contributed by atoms with Crippen LogP contribution in [0.1, 0.15) is 39.5 Å². The lowest BCUT2D eigenvalue weighted by Crippen LogP contribution is -2.30. The number of anilines is 1. The van der Waals surface area contributed by atoms with E-state index in [0.29, 0.717) is 6.17 Å². The molecule has 0 fully saturated rings. The van der Waals surface area contributed by atoms with E-state index in [0.717, 1.165) is 6.54 Å². The molecule has 0 saturated heterocycles. The van der Waals surface area contributed by atoms with Gasteiger partial charge in [-0.05, 0) is 55.2 Å². The summed E-state index contributed by atoms with van der Waals surface area (Å²) >= 11 is 0. The first-order chi connectivity index (χ1) is 13.1. The molecule has 0 aromatic heterocycles. The zero-order valence-corrected chi connectivity index (χ0v) is 16.0. The van der Waals surface area contributed by atoms with Crippen LogP contribution in [-0.4, -0.2) is 4.90 Å². The largest absolute Gasteiger partial charge is 0.347 e. The Morgan fingerprint density at radius 2 is 1.63 bits per heavy atom. The lowest BCUT2D eigenvalue weighted by molar-refractivity contribution is 0.334. The van der Waals surface area contributed by atoms with Gasteiger partial charge in [0.25, 0.3) is 0 Å². The maximum absolute atomic E-state index is 2.57. The summed E-state index contributed by atoms with van der Waals surface area (Å²) in [5.41, 5.74) is 13.8. The molecule has 0 N–H and O–H groups in total. The Hall–Kier alpha value is -3.00. The number of benzene rings is 3. The van der Waals surface area contributed by atoms with Crippen LogP contribution in [0.3, 0.4) is 0 Å². The van der Waals surface area contributed by atoms with Crippen LogP contribution in [-0.2, 0) is 6.54 Å². The molecule has 132 valence electrons. The number of hydrogen-bond donors (Lipinski definition) is 0. The topological polar surface area (TPSA) is 6.48 Å². The van der Waals surface area contributed by atoms with Crippen molar-refractivity contribution in [3.8, 4) is 11.1 Å². The molecule has 2 nitrogen and oxygen atoms in total. The third-order valence-electron chi connectivity index (χ3n) is 6.35. The van der Waals surface area contributed by atoms with Crippen LogP contribution in [0.5, 0.6) is 0 Å². The van der Waals surface area contributed by atoms with Crippen LogP contribution >= 0.6 is 0 Å². The fourth-order valence-corrected chi connectivity index (χ4v) is 5.23. The fourth-order valence-electron chi connectivity index (χ4n) is 5.23. The molecule has 0 bridgehead atoms. The SMILES string of the molecule is Cc1ccc2c(c1)-c1cccc3c1C1N(C=C(c4c(C)cccc4C)N21)C3. The van der Waals surface area contributed by atoms with Crippen molar-refractivity contribution in [2.75, 3.05) is 4.90 Å². The van der Waals surface area contributed by atoms with Gasteiger partial charge in [0, 0.05) is 29.4 Å². The van der Waals surface area contributed by atoms with E-state index in [1.54, 1.807) is 0 Å². The maximum atomic E-state index is 2.57. The van der Waals surface area contributed by atoms with Gasteiger partial charge in [0.05, 0.1) is 11.4 Å². The van der Waals surface area contributed by atoms with Gasteiger partial charge in [-0.25, -0.2) is 0 Å². The highest BCUT2D eigenvalue weighted by molar-refractivity contribution is 5.96. The van der Waals surface area contributed by atoms with E-state index < -0.39 is 0 Å². The zero-order valence-electron chi connectivity index (χ0n) is 16.0. The summed E-state index contributed by atoms with van der Waals surface area (Å²) in [7, 11) is 0. The Bertz CT molecular complexity index is 1130. The van der Waals surface area contributed by atoms with Gasteiger partial charge in [-0.3, -0.25) is 0 Å². The summed E-state index contributed by atoms with van der Waals surface area (Å²) in [6.07, 6.45) is 2.68. The van der Waals surface area contributed by atoms with Gasteiger partial charge < -0.3 is 9.80 Å². The molecule has 0 spiro atoms. The van der Waals surface area contributed by atoms with Gasteiger partial charge in [0.1, 0.15) is 6.17 Å². The number of aryl methyl sites for hydroxylation is 3. The molecule has 3 aromatic carbocycles. The Kier molecular flexibility index (Phi) is 2.82. The van der Waals surface area contributed by atoms with Crippen molar-refractivity contribution >= 4 is 11.4 Å². The molecule has 3 heterocycles. The van der Waals surface area contributed by atoms with Crippen LogP contribution in [0.15, 0.2) is 60.8 Å². The van der Waals surface area contributed by atoms with Gasteiger partial charge in [0.2, 0.25) is 0 Å². The van der Waals surface area contributed by atoms with Crippen LogP contribution in [0.2, 0.25) is 0 Å². The molecule has 27 heavy (non-hydrogen) atoms. The molecule has 3 aromatic rings. The van der Waals surface area contributed by atoms with Crippen molar-refractivity contribution in [3.05, 3.63) is 94.2 Å². The summed E-state index contributed by atoms with van der Waals surface area (Å²) in [5.74, 6) is 0. The first kappa shape index (κ1) is 15.1. The van der Waals surface area contributed by atoms with E-state index in [1.165, 1.54) is 55.9 Å². The van der Waals surface area contributed by atoms with E-state index in [4.69, 9.17) is 0 Å². The van der Waals surface area contributed by atoms with E-state index in [-0.39, 0.29) is 0 Å². The molecule has 1 unspecified atom stereocenters. The summed E-state index contributed by atoms with van der Waals surface area (Å²) < 4.78 is 0. The molecular formula is C25H22N2. The highest BCUT2D eigenvalue weighted by Gasteiger charge is 2.45. The third kappa shape index (κ3) is 1.85. The van der Waals surface area contributed by atoms with Crippen molar-refractivity contribution in [2.45, 2.75) is 33.5 Å². The highest BCUT2D eigenvalue weighted by atomic mass is 15.4. The Balaban J connectivity index is 1.66. The fraction of sp³-hybridized carbons (Fsp3) is 0.200. The molecule has 1 atom stereocenters. The van der Waals surface area contributed by atoms with Crippen molar-refractivity contribution in [1.29, 1.82) is 0 Å². The zero-order chi connectivity index (χ0) is 18.3. The average Bonchev–Trinajstić information content (AvgIpc) is 3.18. The normalized spacial score (nSPS) is 18.5. The van der Waals surface area contributed by atoms with E-state index in [2.05, 4.69) is 91.4 Å². The summed E-state index contributed by atoms with van der Waals surface area (Å²) in [6, 6.07) is 20.3. The minimum Gasteiger partial charge on any atom is -0.347 e. The molecule has 0 saturated carbocycles. The predicted molar refractivity (Wildman–Crippen MR) is 111 cm³/mol. The Labute approximate surface area is 160 Å². The minimum absolute atomic E-state index is 0.292. The second-order valence-corrected chi connectivity index (χ2v) is 8.10. The van der Waals surface area contributed by atoms with Crippen molar-refractivity contribution < 1.29 is 0 Å². The quantitative estimate of drug-likeness (QED) is 0.537. The minimum atomic E-state index is 0.292. The van der Waals surface area contributed by atoms with Crippen LogP contribution < -0.4 is 4.90 Å². The second-order valence-electron chi connectivity index (χ2n) is 8.10. The number of rotatable bonds is 1. The first-order valence-electron chi connectivity index (χ1n) is 9.70. The van der Waals surface area contributed by atoms with Gasteiger partial charge in [-0.2, -0.15) is 0 Å². The Morgan fingerprint density at radius 3 is 2.44 bits per heavy atom. The van der Waals surface area contributed by atoms with Crippen molar-refractivity contribution in [1.82, 2.24) is 4.90 Å². The smallest absolute Gasteiger partial charge is 0.133 e. The number of fused-ring (bicyclic) bond motifs is 3. The molecule has 6 rings (SSSR count). The molecule has 0 aliphatic carbocycles. The highest BCUT2D eigenvalue weighted by Crippen LogP contribution is 2.57. The van der Waals surface area contributed by atoms with E-state index in [1.807, 2.05) is 0 Å². The van der Waals surface area contributed by atoms with Crippen molar-refractivity contribution in [3.63, 3.8) is 0 Å². The van der Waals surface area contributed by atoms with Crippen LogP contribution in [0.4, 0.5) is 5.69 Å². The summed E-state index contributed by atoms with van der Waals surface area (Å²) in [5, 5.41) is 0. The summed E-state index contributed by atoms with van der Waals surface area (Å²) in [4.78, 5) is 5.08. The van der Waals surface area contributed by atoms with Crippen molar-refractivity contribution in [2.24, 2.45) is 0 Å². The van der Waals surface area contributed by atoms with Crippen LogP contribution in [0, 0.1) is 20.8 Å². The van der Waals surface area contributed by atoms with Gasteiger partial charge >= 0.3 is 0 Å². The third-order valence-corrected chi connectivity index (χ3v) is 6.35. The molecule has 0 amide bonds. The molecule has 3 aliphatic heterocycles. The summed E-state index contributed by atoms with van der Waals surface area (Å²) in [6.45, 7) is 7.64. The number of nitrogens with zero attached hydrogens (tertiary/aromatic N) is 2. The molecule has 0 radical (unpaired) electrons. The first-order valence-corrected chi connectivity index (χ1v) is 9.70. The van der Waals surface area contributed by atoms with E-state index in [9.17, 15) is 0 Å². The number of hydrogen-bond acceptors (Lipinski definition) is 2. The molecular weight excluding hydrogens is 328 g/mol. The standard InChI is InChI=1S/C25H22N2/c1-15-10-11-21-20(12-15)19-9-5-8-18-13-26-14-22(27(21)25(26)24(18)19)23-16(2)6-4-7-17(23)3/h4-12,14,25H,13H2,1-3H3. The van der Waals surface area contributed by atoms with Gasteiger partial charge in [-0.15, -0.1) is 0 Å². The second kappa shape index (κ2) is 5.04. The molecule has 2 heteroatoms. The monoisotopic (exact) mass is 350 g/mol. The predicted octanol–water partition coefficient (Wildman–Crippen LogP) is 5.93. The average molecular weight is 350 g/mol. The van der Waals surface area contributed by atoms with Crippen LogP contribution in [0.25, 0.3) is 16.8 Å². The van der Waals surface area contributed by atoms with E-state index >= 15 is 0 Å². The van der Waals surface area contributed by atoms with Gasteiger partial charge in [0.15, 0.2) is 0 Å². The molecule has 3 aliphatic rings. The maximum Gasteiger partial charge on any atom is 0.133 e. The Morgan fingerprint density at radius 1 is 0.852 bits per heavy atom. The van der Waals surface area contributed by atoms with Gasteiger partial charge in [-0.1, -0.05) is 48.0 Å². The lowest BCUT2D eigenvalue weighted by Gasteiger charge is -2.37. The lowest BCUT2D eigenvalue weighted by atomic mass is 9.88.